The number of amides is 3. The molecule has 4 N–H and O–H groups in total. The van der Waals surface area contributed by atoms with E-state index < -0.39 is 11.8 Å². The summed E-state index contributed by atoms with van der Waals surface area (Å²) in [7, 11) is 10.2. The van der Waals surface area contributed by atoms with E-state index in [1.807, 2.05) is 151 Å². The second kappa shape index (κ2) is 24.9. The topological polar surface area (TPSA) is 166 Å². The lowest BCUT2D eigenvalue weighted by molar-refractivity contribution is -0.117. The van der Waals surface area contributed by atoms with Crippen LogP contribution in [-0.2, 0) is 9.59 Å². The van der Waals surface area contributed by atoms with E-state index in [1.54, 1.807) is 61.3 Å². The second-order valence-corrected chi connectivity index (χ2v) is 18.3. The fraction of sp³-hybridized carbons (Fsp3) is 0.125. The number of hydrogen-bond donors (Lipinski definition) is 3. The van der Waals surface area contributed by atoms with Crippen LogP contribution in [-0.4, -0.2) is 84.2 Å². The Morgan fingerprint density at radius 3 is 1.18 bits per heavy atom. The maximum atomic E-state index is 13.6. The zero-order valence-electron chi connectivity index (χ0n) is 44.4. The van der Waals surface area contributed by atoms with Gasteiger partial charge < -0.3 is 44.6 Å². The molecule has 79 heavy (non-hydrogen) atoms. The van der Waals surface area contributed by atoms with E-state index in [2.05, 4.69) is 11.1 Å². The Hall–Kier alpha value is -9.86. The molecule has 0 aliphatic rings. The highest BCUT2D eigenvalue weighted by Crippen LogP contribution is 2.43. The average Bonchev–Trinajstić information content (AvgIpc) is 4.18. The summed E-state index contributed by atoms with van der Waals surface area (Å²) < 4.78 is 39.4. The van der Waals surface area contributed by atoms with Crippen molar-refractivity contribution in [1.29, 1.82) is 0 Å². The second-order valence-electron chi connectivity index (χ2n) is 18.3. The lowest BCUT2D eigenvalue weighted by Gasteiger charge is -2.25. The van der Waals surface area contributed by atoms with Crippen LogP contribution in [0.2, 0.25) is 0 Å². The molecule has 2 heterocycles. The summed E-state index contributed by atoms with van der Waals surface area (Å²) in [6.45, 7) is 0.293. The van der Waals surface area contributed by atoms with E-state index in [-0.39, 0.29) is 48.0 Å². The Morgan fingerprint density at radius 2 is 0.823 bits per heavy atom. The molecular formula is C64H58F2N6O7. The summed E-state index contributed by atoms with van der Waals surface area (Å²) in [5, 5.41) is 13.8. The number of halogens is 2. The number of carbonyl (C=O) groups excluding carboxylic acids is 3. The van der Waals surface area contributed by atoms with Crippen LogP contribution >= 0.6 is 0 Å². The molecule has 8 aromatic carbocycles. The molecule has 0 saturated heterocycles. The van der Waals surface area contributed by atoms with Crippen molar-refractivity contribution in [3.8, 4) is 44.9 Å². The van der Waals surface area contributed by atoms with E-state index in [4.69, 9.17) is 8.83 Å². The minimum atomic E-state index is -1.16. The summed E-state index contributed by atoms with van der Waals surface area (Å²) in [4.78, 5) is 59.2. The molecule has 0 radical (unpaired) electrons. The standard InChI is InChI=1S/C32H28FN3O3.C31H25FN2O4.CH5N/c1-34-32(38)30-26-18-25(21-10-6-4-7-11-21)27(19-28(26)39-31(30)22-14-16-23(33)17-15-22)36(3)29(37)20-35(2)24-12-8-5-9-13-24;1-33(23-11-7-4-8-12-23)19-28(35)34(2)26-18-27-25(17-24(26)20-9-5-3-6-10-20)29(31(36)37)30(38-27)21-13-15-22(32)16-14-21;1-2/h4-19H,20H2,1-3H3,(H,34,38);3-18H,19H2,1-2H3,(H,36,37);2H2,1H3. The van der Waals surface area contributed by atoms with Crippen molar-refractivity contribution >= 4 is 68.4 Å². The number of hydrogen-bond acceptors (Lipinski definition) is 9. The molecule has 0 bridgehead atoms. The number of carbonyl (C=O) groups is 4. The molecule has 0 saturated carbocycles. The van der Waals surface area contributed by atoms with Crippen LogP contribution in [0.25, 0.3) is 66.8 Å². The van der Waals surface area contributed by atoms with Gasteiger partial charge in [0.1, 0.15) is 39.9 Å². The van der Waals surface area contributed by atoms with E-state index in [1.165, 1.54) is 43.4 Å². The first-order valence-electron chi connectivity index (χ1n) is 25.1. The monoisotopic (exact) mass is 1060 g/mol. The van der Waals surface area contributed by atoms with Crippen molar-refractivity contribution in [3.05, 3.63) is 217 Å². The molecule has 10 aromatic rings. The highest BCUT2D eigenvalue weighted by Gasteiger charge is 2.28. The van der Waals surface area contributed by atoms with Gasteiger partial charge in [0.2, 0.25) is 11.8 Å². The van der Waals surface area contributed by atoms with Crippen LogP contribution in [0.15, 0.2) is 203 Å². The molecule has 13 nitrogen and oxygen atoms in total. The number of nitrogens with zero attached hydrogens (tertiary/aromatic N) is 4. The maximum Gasteiger partial charge on any atom is 0.340 e. The number of likely N-dealkylation sites (N-methyl/N-ethyl adjacent to an activating group) is 4. The molecule has 2 aromatic heterocycles. The van der Waals surface area contributed by atoms with Gasteiger partial charge in [-0.3, -0.25) is 14.4 Å². The van der Waals surface area contributed by atoms with E-state index in [0.717, 1.165) is 28.1 Å². The Bertz CT molecular complexity index is 3740. The number of rotatable bonds is 14. The molecule has 0 atom stereocenters. The van der Waals surface area contributed by atoms with Gasteiger partial charge in [0.15, 0.2) is 0 Å². The summed E-state index contributed by atoms with van der Waals surface area (Å²) in [5.74, 6) is -2.12. The van der Waals surface area contributed by atoms with Gasteiger partial charge in [-0.15, -0.1) is 0 Å². The van der Waals surface area contributed by atoms with Crippen LogP contribution in [0.4, 0.5) is 31.5 Å². The number of aromatic carboxylic acids is 1. The number of anilines is 4. The van der Waals surface area contributed by atoms with Crippen molar-refractivity contribution in [3.63, 3.8) is 0 Å². The van der Waals surface area contributed by atoms with Gasteiger partial charge in [0.05, 0.1) is 30.0 Å². The van der Waals surface area contributed by atoms with E-state index in [0.29, 0.717) is 61.3 Å². The first-order chi connectivity index (χ1) is 38.2. The van der Waals surface area contributed by atoms with Gasteiger partial charge in [0, 0.05) is 91.8 Å². The number of nitrogens with one attached hydrogen (secondary N) is 1. The average molecular weight is 1060 g/mol. The predicted octanol–water partition coefficient (Wildman–Crippen LogP) is 12.6. The van der Waals surface area contributed by atoms with Crippen molar-refractivity contribution < 1.29 is 41.9 Å². The van der Waals surface area contributed by atoms with Gasteiger partial charge in [0.25, 0.3) is 5.91 Å². The number of carboxylic acids is 1. The summed E-state index contributed by atoms with van der Waals surface area (Å²) in [6, 6.07) is 56.8. The Kier molecular flexibility index (Phi) is 17.4. The molecular weight excluding hydrogens is 1000 g/mol. The van der Waals surface area contributed by atoms with Crippen LogP contribution in [0, 0.1) is 11.6 Å². The van der Waals surface area contributed by atoms with Crippen molar-refractivity contribution in [2.24, 2.45) is 5.73 Å². The van der Waals surface area contributed by atoms with Gasteiger partial charge in [-0.25, -0.2) is 13.6 Å². The molecule has 15 heteroatoms. The first kappa shape index (κ1) is 55.4. The quantitative estimate of drug-likeness (QED) is 0.0954. The number of carboxylic acid groups (broad SMARTS) is 1. The molecule has 0 aliphatic carbocycles. The highest BCUT2D eigenvalue weighted by atomic mass is 19.1. The summed E-state index contributed by atoms with van der Waals surface area (Å²) in [5.41, 5.74) is 12.8. The number of benzene rings is 8. The number of para-hydroxylation sites is 2. The van der Waals surface area contributed by atoms with Gasteiger partial charge in [-0.05, 0) is 103 Å². The lowest BCUT2D eigenvalue weighted by Crippen LogP contribution is -2.37. The predicted molar refractivity (Wildman–Crippen MR) is 311 cm³/mol. The SMILES string of the molecule is CN.CN(CC(=O)N(C)c1cc2oc(-c3ccc(F)cc3)c(C(=O)O)c2cc1-c1ccccc1)c1ccccc1.CNC(=O)c1c(-c2ccc(F)cc2)oc2cc(N(C)C(=O)CN(C)c3ccccc3)c(-c3ccccc3)cc12. The smallest absolute Gasteiger partial charge is 0.340 e. The van der Waals surface area contributed by atoms with Crippen LogP contribution in [0.1, 0.15) is 20.7 Å². The molecule has 0 unspecified atom stereocenters. The molecule has 0 spiro atoms. The zero-order chi connectivity index (χ0) is 56.3. The van der Waals surface area contributed by atoms with Crippen molar-refractivity contribution in [2.45, 2.75) is 0 Å². The zero-order valence-corrected chi connectivity index (χ0v) is 44.4. The molecule has 0 fully saturated rings. The van der Waals surface area contributed by atoms with Gasteiger partial charge in [-0.1, -0.05) is 97.1 Å². The minimum absolute atomic E-state index is 0.0203. The maximum absolute atomic E-state index is 13.6. The molecule has 400 valence electrons. The van der Waals surface area contributed by atoms with Crippen LogP contribution in [0.5, 0.6) is 0 Å². The fourth-order valence-electron chi connectivity index (χ4n) is 9.12. The Morgan fingerprint density at radius 1 is 0.481 bits per heavy atom. The van der Waals surface area contributed by atoms with Crippen LogP contribution < -0.4 is 30.7 Å². The van der Waals surface area contributed by atoms with Crippen molar-refractivity contribution in [2.75, 3.05) is 75.0 Å². The summed E-state index contributed by atoms with van der Waals surface area (Å²) in [6.07, 6.45) is 0. The largest absolute Gasteiger partial charge is 0.478 e. The normalized spacial score (nSPS) is 10.7. The molecule has 3 amide bonds. The third-order valence-corrected chi connectivity index (χ3v) is 13.3. The number of nitrogens with two attached hydrogens (primary N) is 1. The highest BCUT2D eigenvalue weighted by molar-refractivity contribution is 6.14. The molecule has 0 aliphatic heterocycles. The Balaban J connectivity index is 0.000000202. The van der Waals surface area contributed by atoms with Crippen molar-refractivity contribution in [1.82, 2.24) is 5.32 Å². The van der Waals surface area contributed by atoms with Crippen LogP contribution in [0.3, 0.4) is 0 Å². The fourth-order valence-corrected chi connectivity index (χ4v) is 9.12. The van der Waals surface area contributed by atoms with Gasteiger partial charge in [-0.2, -0.15) is 0 Å². The first-order valence-corrected chi connectivity index (χ1v) is 25.1. The third-order valence-electron chi connectivity index (χ3n) is 13.3. The summed E-state index contributed by atoms with van der Waals surface area (Å²) >= 11 is 0. The molecule has 10 rings (SSSR count). The van der Waals surface area contributed by atoms with E-state index in [9.17, 15) is 33.1 Å². The number of fused-ring (bicyclic) bond motifs is 2. The minimum Gasteiger partial charge on any atom is -0.478 e. The Labute approximate surface area is 456 Å². The number of furan rings is 2. The third kappa shape index (κ3) is 12.2. The lowest BCUT2D eigenvalue weighted by atomic mass is 9.98. The van der Waals surface area contributed by atoms with Gasteiger partial charge >= 0.3 is 5.97 Å². The van der Waals surface area contributed by atoms with E-state index >= 15 is 0 Å².